The van der Waals surface area contributed by atoms with Crippen molar-refractivity contribution in [1.82, 2.24) is 15.0 Å². The highest BCUT2D eigenvalue weighted by molar-refractivity contribution is 6.33. The predicted molar refractivity (Wildman–Crippen MR) is 102 cm³/mol. The van der Waals surface area contributed by atoms with Crippen molar-refractivity contribution in [1.29, 1.82) is 0 Å². The maximum Gasteiger partial charge on any atom is 0.417 e. The van der Waals surface area contributed by atoms with Crippen molar-refractivity contribution in [3.8, 4) is 0 Å². The third-order valence-corrected chi connectivity index (χ3v) is 5.70. The minimum atomic E-state index is -4.44. The molecule has 1 saturated heterocycles. The van der Waals surface area contributed by atoms with Crippen LogP contribution >= 0.6 is 11.6 Å². The second kappa shape index (κ2) is 7.39. The summed E-state index contributed by atoms with van der Waals surface area (Å²) in [5, 5.41) is 0.0338. The molecule has 0 N–H and O–H groups in total. The molecular weight excluding hydrogens is 391 g/mol. The Hall–Kier alpha value is -2.09. The first-order valence-corrected chi connectivity index (χ1v) is 9.74. The van der Waals surface area contributed by atoms with Crippen LogP contribution in [0.25, 0.3) is 0 Å². The molecule has 2 aliphatic rings. The van der Waals surface area contributed by atoms with Gasteiger partial charge in [-0.05, 0) is 37.8 Å². The van der Waals surface area contributed by atoms with Gasteiger partial charge >= 0.3 is 6.18 Å². The van der Waals surface area contributed by atoms with Crippen LogP contribution in [0.3, 0.4) is 0 Å². The van der Waals surface area contributed by atoms with Gasteiger partial charge in [0, 0.05) is 44.5 Å². The Morgan fingerprint density at radius 1 is 1.14 bits per heavy atom. The summed E-state index contributed by atoms with van der Waals surface area (Å²) in [5.41, 5.74) is -0.828. The van der Waals surface area contributed by atoms with Crippen molar-refractivity contribution in [2.75, 3.05) is 29.9 Å². The minimum Gasteiger partial charge on any atom is -0.356 e. The van der Waals surface area contributed by atoms with E-state index in [9.17, 15) is 13.2 Å². The van der Waals surface area contributed by atoms with E-state index in [4.69, 9.17) is 16.6 Å². The van der Waals surface area contributed by atoms with E-state index >= 15 is 0 Å². The molecule has 2 aromatic heterocycles. The van der Waals surface area contributed by atoms with Crippen molar-refractivity contribution >= 4 is 23.2 Å². The molecule has 9 heteroatoms. The number of nitrogens with zero attached hydrogens (tertiary/aromatic N) is 5. The van der Waals surface area contributed by atoms with Gasteiger partial charge in [0.15, 0.2) is 0 Å². The fourth-order valence-corrected chi connectivity index (χ4v) is 3.85. The Bertz CT molecular complexity index is 848. The highest BCUT2D eigenvalue weighted by atomic mass is 35.5. The average molecular weight is 412 g/mol. The first-order valence-electron chi connectivity index (χ1n) is 9.36. The van der Waals surface area contributed by atoms with E-state index in [1.54, 1.807) is 0 Å². The molecule has 150 valence electrons. The molecule has 0 radical (unpaired) electrons. The van der Waals surface area contributed by atoms with Gasteiger partial charge in [0.1, 0.15) is 17.5 Å². The van der Waals surface area contributed by atoms with E-state index in [1.165, 1.54) is 0 Å². The molecule has 2 aromatic rings. The highest BCUT2D eigenvalue weighted by Crippen LogP contribution is 2.38. The molecule has 2 fully saturated rings. The van der Waals surface area contributed by atoms with Crippen LogP contribution in [0.15, 0.2) is 24.5 Å². The summed E-state index contributed by atoms with van der Waals surface area (Å²) >= 11 is 6.09. The number of anilines is 2. The smallest absolute Gasteiger partial charge is 0.356 e. The number of aromatic nitrogens is 3. The molecule has 1 saturated carbocycles. The van der Waals surface area contributed by atoms with Gasteiger partial charge in [0.25, 0.3) is 0 Å². The lowest BCUT2D eigenvalue weighted by atomic mass is 10.0. The molecule has 0 atom stereocenters. The van der Waals surface area contributed by atoms with Crippen LogP contribution in [0.5, 0.6) is 0 Å². The van der Waals surface area contributed by atoms with Gasteiger partial charge in [-0.1, -0.05) is 11.6 Å². The van der Waals surface area contributed by atoms with Crippen molar-refractivity contribution < 1.29 is 13.2 Å². The monoisotopic (exact) mass is 411 g/mol. The van der Waals surface area contributed by atoms with Crippen molar-refractivity contribution in [2.24, 2.45) is 0 Å². The van der Waals surface area contributed by atoms with Crippen LogP contribution in [-0.2, 0) is 6.18 Å². The highest BCUT2D eigenvalue weighted by Gasteiger charge is 2.33. The number of hydrogen-bond donors (Lipinski definition) is 0. The number of alkyl halides is 3. The molecule has 1 aliphatic heterocycles. The second-order valence-electron chi connectivity index (χ2n) is 7.40. The van der Waals surface area contributed by atoms with Gasteiger partial charge in [-0.3, -0.25) is 0 Å². The van der Waals surface area contributed by atoms with E-state index < -0.39 is 11.7 Å². The normalized spacial score (nSPS) is 18.4. The lowest BCUT2D eigenvalue weighted by Crippen LogP contribution is -2.44. The van der Waals surface area contributed by atoms with Gasteiger partial charge in [0.05, 0.1) is 10.6 Å². The summed E-state index contributed by atoms with van der Waals surface area (Å²) in [7, 11) is 2.03. The van der Waals surface area contributed by atoms with E-state index in [1.807, 2.05) is 24.2 Å². The molecule has 0 spiro atoms. The number of pyridine rings is 1. The number of hydrogen-bond acceptors (Lipinski definition) is 5. The van der Waals surface area contributed by atoms with Gasteiger partial charge in [-0.2, -0.15) is 13.2 Å². The topological polar surface area (TPSA) is 45.2 Å². The summed E-state index contributed by atoms with van der Waals surface area (Å²) in [6.07, 6.45) is 2.23. The lowest BCUT2D eigenvalue weighted by molar-refractivity contribution is -0.137. The fourth-order valence-electron chi connectivity index (χ4n) is 3.57. The zero-order valence-electron chi connectivity index (χ0n) is 15.5. The van der Waals surface area contributed by atoms with Crippen molar-refractivity contribution in [2.45, 2.75) is 43.8 Å². The average Bonchev–Trinajstić information content (AvgIpc) is 3.52. The minimum absolute atomic E-state index is 0.0338. The van der Waals surface area contributed by atoms with Crippen LogP contribution in [0.1, 0.15) is 43.0 Å². The standard InChI is InChI=1S/C19H21ClF3N5/c1-27(16-4-7-24-17(26-16)12-2-3-12)14-5-8-28(9-6-14)18-15(20)10-13(11-25-18)19(21,22)23/h4,7,10-12,14H,2-3,5-6,8-9H2,1H3. The number of piperidine rings is 1. The maximum atomic E-state index is 12.8. The first kappa shape index (κ1) is 19.2. The van der Waals surface area contributed by atoms with Crippen LogP contribution in [0, 0.1) is 0 Å². The predicted octanol–water partition coefficient (Wildman–Crippen LogP) is 4.53. The molecule has 0 aromatic carbocycles. The SMILES string of the molecule is CN(c1ccnc(C2CC2)n1)C1CCN(c2ncc(C(F)(F)F)cc2Cl)CC1. The van der Waals surface area contributed by atoms with Crippen LogP contribution in [0.2, 0.25) is 5.02 Å². The quantitative estimate of drug-likeness (QED) is 0.739. The molecule has 28 heavy (non-hydrogen) atoms. The first-order chi connectivity index (χ1) is 13.3. The van der Waals surface area contributed by atoms with E-state index in [0.717, 1.165) is 49.6 Å². The van der Waals surface area contributed by atoms with Crippen LogP contribution in [0.4, 0.5) is 24.8 Å². The Balaban J connectivity index is 1.41. The molecule has 0 amide bonds. The number of halogens is 4. The Kier molecular flexibility index (Phi) is 5.07. The van der Waals surface area contributed by atoms with E-state index in [0.29, 0.717) is 30.9 Å². The Labute approximate surface area is 166 Å². The zero-order chi connectivity index (χ0) is 19.9. The van der Waals surface area contributed by atoms with Crippen LogP contribution < -0.4 is 9.80 Å². The van der Waals surface area contributed by atoms with Crippen molar-refractivity contribution in [3.05, 3.63) is 40.9 Å². The fraction of sp³-hybridized carbons (Fsp3) is 0.526. The number of rotatable bonds is 4. The lowest BCUT2D eigenvalue weighted by Gasteiger charge is -2.38. The molecule has 4 rings (SSSR count). The maximum absolute atomic E-state index is 12.8. The molecule has 1 aliphatic carbocycles. The van der Waals surface area contributed by atoms with Gasteiger partial charge < -0.3 is 9.80 Å². The molecular formula is C19H21ClF3N5. The molecule has 3 heterocycles. The molecule has 0 unspecified atom stereocenters. The van der Waals surface area contributed by atoms with Crippen LogP contribution in [-0.4, -0.2) is 41.1 Å². The summed E-state index contributed by atoms with van der Waals surface area (Å²) in [5.74, 6) is 2.75. The third kappa shape index (κ3) is 4.01. The summed E-state index contributed by atoms with van der Waals surface area (Å²) < 4.78 is 38.4. The third-order valence-electron chi connectivity index (χ3n) is 5.42. The molecule has 5 nitrogen and oxygen atoms in total. The Morgan fingerprint density at radius 3 is 2.46 bits per heavy atom. The Morgan fingerprint density at radius 2 is 1.86 bits per heavy atom. The van der Waals surface area contributed by atoms with Gasteiger partial charge in [-0.25, -0.2) is 15.0 Å². The zero-order valence-corrected chi connectivity index (χ0v) is 16.2. The largest absolute Gasteiger partial charge is 0.417 e. The van der Waals surface area contributed by atoms with Gasteiger partial charge in [0.2, 0.25) is 0 Å². The summed E-state index contributed by atoms with van der Waals surface area (Å²) in [4.78, 5) is 17.2. The molecule has 0 bridgehead atoms. The summed E-state index contributed by atoms with van der Waals surface area (Å²) in [6.45, 7) is 1.35. The second-order valence-corrected chi connectivity index (χ2v) is 7.81. The van der Waals surface area contributed by atoms with E-state index in [2.05, 4.69) is 14.9 Å². The van der Waals surface area contributed by atoms with E-state index in [-0.39, 0.29) is 5.02 Å². The van der Waals surface area contributed by atoms with Crippen molar-refractivity contribution in [3.63, 3.8) is 0 Å². The summed E-state index contributed by atoms with van der Waals surface area (Å²) in [6, 6.07) is 3.17. The van der Waals surface area contributed by atoms with Gasteiger partial charge in [-0.15, -0.1) is 0 Å².